The minimum absolute atomic E-state index is 0.0670. The fraction of sp³-hybridized carbons (Fsp3) is 0.167. The Morgan fingerprint density at radius 2 is 2.09 bits per heavy atom. The number of aromatic nitrogens is 1. The number of anilines is 1. The quantitative estimate of drug-likeness (QED) is 0.713. The number of amides is 1. The van der Waals surface area contributed by atoms with Crippen molar-refractivity contribution in [2.75, 3.05) is 5.32 Å². The van der Waals surface area contributed by atoms with Crippen LogP contribution in [0.3, 0.4) is 0 Å². The van der Waals surface area contributed by atoms with Crippen molar-refractivity contribution >= 4 is 33.4 Å². The number of aromatic amines is 1. The molecule has 0 aliphatic carbocycles. The van der Waals surface area contributed by atoms with E-state index < -0.39 is 5.91 Å². The van der Waals surface area contributed by atoms with E-state index in [1.54, 1.807) is 18.2 Å². The van der Waals surface area contributed by atoms with E-state index in [9.17, 15) is 9.59 Å². The van der Waals surface area contributed by atoms with Crippen molar-refractivity contribution in [3.05, 3.63) is 51.7 Å². The predicted molar refractivity (Wildman–Crippen MR) is 90.4 cm³/mol. The van der Waals surface area contributed by atoms with Gasteiger partial charge in [0.25, 0.3) is 0 Å². The molecule has 0 radical (unpaired) electrons. The van der Waals surface area contributed by atoms with Gasteiger partial charge in [0, 0.05) is 10.8 Å². The molecule has 0 spiro atoms. The third kappa shape index (κ3) is 2.55. The lowest BCUT2D eigenvalue weighted by Gasteiger charge is -2.10. The van der Waals surface area contributed by atoms with Crippen LogP contribution in [0.2, 0.25) is 0 Å². The standard InChI is InChI=1S/C18H15N3O2/c1-10-8-11(2)16-14(9-10)21-17-12(18(16)23)4-3-5-13(17)20-15(22)6-7-19/h3-5,8-9H,6H2,1-2H3,(H,20,22)(H,21,23). The maximum absolute atomic E-state index is 12.8. The van der Waals surface area contributed by atoms with Gasteiger partial charge in [-0.1, -0.05) is 12.1 Å². The molecule has 114 valence electrons. The lowest BCUT2D eigenvalue weighted by Crippen LogP contribution is -2.13. The zero-order valence-corrected chi connectivity index (χ0v) is 12.9. The molecule has 0 saturated heterocycles. The van der Waals surface area contributed by atoms with Gasteiger partial charge in [0.15, 0.2) is 5.43 Å². The van der Waals surface area contributed by atoms with Gasteiger partial charge in [-0.05, 0) is 43.2 Å². The number of benzene rings is 2. The zero-order valence-electron chi connectivity index (χ0n) is 12.9. The molecule has 0 aliphatic rings. The molecule has 1 amide bonds. The lowest BCUT2D eigenvalue weighted by atomic mass is 10.0. The molecule has 0 fully saturated rings. The summed E-state index contributed by atoms with van der Waals surface area (Å²) in [6, 6.07) is 10.9. The summed E-state index contributed by atoms with van der Waals surface area (Å²) >= 11 is 0. The highest BCUT2D eigenvalue weighted by Crippen LogP contribution is 2.24. The van der Waals surface area contributed by atoms with E-state index in [1.807, 2.05) is 32.0 Å². The van der Waals surface area contributed by atoms with Crippen LogP contribution in [0.1, 0.15) is 17.5 Å². The summed E-state index contributed by atoms with van der Waals surface area (Å²) < 4.78 is 0. The number of nitrogens with zero attached hydrogens (tertiary/aromatic N) is 1. The van der Waals surface area contributed by atoms with Crippen LogP contribution in [0.5, 0.6) is 0 Å². The number of carbonyl (C=O) groups excluding carboxylic acids is 1. The van der Waals surface area contributed by atoms with Crippen LogP contribution in [-0.4, -0.2) is 10.9 Å². The number of H-pyrrole nitrogens is 1. The molecule has 0 unspecified atom stereocenters. The van der Waals surface area contributed by atoms with Gasteiger partial charge in [-0.15, -0.1) is 0 Å². The first-order chi connectivity index (χ1) is 11.0. The Bertz CT molecular complexity index is 1040. The minimum Gasteiger partial charge on any atom is -0.353 e. The molecule has 3 rings (SSSR count). The molecule has 0 bridgehead atoms. The van der Waals surface area contributed by atoms with E-state index in [-0.39, 0.29) is 11.8 Å². The molecular formula is C18H15N3O2. The van der Waals surface area contributed by atoms with Crippen LogP contribution in [0.25, 0.3) is 21.8 Å². The zero-order chi connectivity index (χ0) is 16.6. The maximum atomic E-state index is 12.8. The molecule has 1 heterocycles. The van der Waals surface area contributed by atoms with Crippen LogP contribution in [0, 0.1) is 25.2 Å². The first kappa shape index (κ1) is 14.8. The molecule has 0 saturated carbocycles. The number of nitrogens with one attached hydrogen (secondary N) is 2. The van der Waals surface area contributed by atoms with Crippen LogP contribution < -0.4 is 10.7 Å². The van der Waals surface area contributed by atoms with Crippen molar-refractivity contribution in [1.29, 1.82) is 5.26 Å². The highest BCUT2D eigenvalue weighted by atomic mass is 16.1. The monoisotopic (exact) mass is 305 g/mol. The van der Waals surface area contributed by atoms with Crippen molar-refractivity contribution in [2.24, 2.45) is 0 Å². The van der Waals surface area contributed by atoms with Gasteiger partial charge in [-0.2, -0.15) is 5.26 Å². The molecule has 3 aromatic rings. The highest BCUT2D eigenvalue weighted by Gasteiger charge is 2.12. The fourth-order valence-electron chi connectivity index (χ4n) is 2.88. The Labute approximate surface area is 132 Å². The second-order valence-corrected chi connectivity index (χ2v) is 5.57. The predicted octanol–water partition coefficient (Wildman–Crippen LogP) is 3.15. The van der Waals surface area contributed by atoms with Crippen molar-refractivity contribution in [3.63, 3.8) is 0 Å². The average Bonchev–Trinajstić information content (AvgIpc) is 2.47. The molecule has 2 N–H and O–H groups in total. The number of carbonyl (C=O) groups is 1. The normalized spacial score (nSPS) is 10.7. The van der Waals surface area contributed by atoms with Gasteiger partial charge in [-0.3, -0.25) is 9.59 Å². The van der Waals surface area contributed by atoms with E-state index in [0.717, 1.165) is 16.6 Å². The third-order valence-corrected chi connectivity index (χ3v) is 3.79. The number of hydrogen-bond donors (Lipinski definition) is 2. The van der Waals surface area contributed by atoms with Gasteiger partial charge in [0.05, 0.1) is 22.8 Å². The minimum atomic E-state index is -0.402. The first-order valence-corrected chi connectivity index (χ1v) is 7.24. The number of nitriles is 1. The number of hydrogen-bond acceptors (Lipinski definition) is 3. The molecular weight excluding hydrogens is 290 g/mol. The van der Waals surface area contributed by atoms with Gasteiger partial charge in [0.2, 0.25) is 5.91 Å². The number of aryl methyl sites for hydroxylation is 2. The van der Waals surface area contributed by atoms with Gasteiger partial charge >= 0.3 is 0 Å². The molecule has 1 aromatic heterocycles. The molecule has 0 aliphatic heterocycles. The van der Waals surface area contributed by atoms with E-state index in [2.05, 4.69) is 10.3 Å². The highest BCUT2D eigenvalue weighted by molar-refractivity contribution is 6.04. The smallest absolute Gasteiger partial charge is 0.238 e. The van der Waals surface area contributed by atoms with E-state index in [4.69, 9.17) is 5.26 Å². The summed E-state index contributed by atoms with van der Waals surface area (Å²) in [7, 11) is 0. The summed E-state index contributed by atoms with van der Waals surface area (Å²) in [5, 5.41) is 12.5. The van der Waals surface area contributed by atoms with Crippen LogP contribution >= 0.6 is 0 Å². The van der Waals surface area contributed by atoms with Crippen molar-refractivity contribution in [3.8, 4) is 6.07 Å². The number of pyridine rings is 1. The third-order valence-electron chi connectivity index (χ3n) is 3.79. The Morgan fingerprint density at radius 1 is 1.30 bits per heavy atom. The Balaban J connectivity index is 2.32. The summed E-state index contributed by atoms with van der Waals surface area (Å²) in [5.74, 6) is -0.402. The molecule has 0 atom stereocenters. The fourth-order valence-corrected chi connectivity index (χ4v) is 2.88. The SMILES string of the molecule is Cc1cc(C)c2c(=O)c3cccc(NC(=O)CC#N)c3[nH]c2c1. The van der Waals surface area contributed by atoms with Crippen molar-refractivity contribution in [2.45, 2.75) is 20.3 Å². The van der Waals surface area contributed by atoms with E-state index >= 15 is 0 Å². The second kappa shape index (κ2) is 5.58. The Kier molecular flexibility index (Phi) is 3.59. The first-order valence-electron chi connectivity index (χ1n) is 7.24. The van der Waals surface area contributed by atoms with Gasteiger partial charge in [0.1, 0.15) is 6.42 Å². The van der Waals surface area contributed by atoms with Crippen LogP contribution in [0.4, 0.5) is 5.69 Å². The van der Waals surface area contributed by atoms with Gasteiger partial charge < -0.3 is 10.3 Å². The number of rotatable bonds is 2. The van der Waals surface area contributed by atoms with Gasteiger partial charge in [-0.25, -0.2) is 0 Å². The summed E-state index contributed by atoms with van der Waals surface area (Å²) in [4.78, 5) is 27.7. The molecule has 23 heavy (non-hydrogen) atoms. The van der Waals surface area contributed by atoms with Crippen molar-refractivity contribution in [1.82, 2.24) is 4.98 Å². The van der Waals surface area contributed by atoms with Crippen molar-refractivity contribution < 1.29 is 4.79 Å². The number of fused-ring (bicyclic) bond motifs is 2. The molecule has 5 heteroatoms. The largest absolute Gasteiger partial charge is 0.353 e. The molecule has 5 nitrogen and oxygen atoms in total. The lowest BCUT2D eigenvalue weighted by molar-refractivity contribution is -0.115. The summed E-state index contributed by atoms with van der Waals surface area (Å²) in [5.41, 5.74) is 3.71. The Hall–Kier alpha value is -3.13. The molecule has 2 aromatic carbocycles. The van der Waals surface area contributed by atoms with E-state index in [1.165, 1.54) is 0 Å². The topological polar surface area (TPSA) is 85.8 Å². The van der Waals surface area contributed by atoms with E-state index in [0.29, 0.717) is 22.0 Å². The van der Waals surface area contributed by atoms with Crippen LogP contribution in [0.15, 0.2) is 35.1 Å². The second-order valence-electron chi connectivity index (χ2n) is 5.57. The maximum Gasteiger partial charge on any atom is 0.238 e. The average molecular weight is 305 g/mol. The summed E-state index contributed by atoms with van der Waals surface area (Å²) in [6.07, 6.45) is -0.230. The Morgan fingerprint density at radius 3 is 2.83 bits per heavy atom. The van der Waals surface area contributed by atoms with Crippen LogP contribution in [-0.2, 0) is 4.79 Å². The number of para-hydroxylation sites is 1. The summed E-state index contributed by atoms with van der Waals surface area (Å²) in [6.45, 7) is 3.88.